The first-order valence-corrected chi connectivity index (χ1v) is 5.55. The van der Waals surface area contributed by atoms with Crippen molar-refractivity contribution in [2.45, 2.75) is 13.3 Å². The van der Waals surface area contributed by atoms with Gasteiger partial charge in [0.2, 0.25) is 0 Å². The van der Waals surface area contributed by atoms with Crippen molar-refractivity contribution in [2.24, 2.45) is 7.05 Å². The lowest BCUT2D eigenvalue weighted by Gasteiger charge is -2.05. The van der Waals surface area contributed by atoms with Crippen LogP contribution in [0.25, 0.3) is 11.3 Å². The van der Waals surface area contributed by atoms with Crippen molar-refractivity contribution in [1.29, 1.82) is 0 Å². The second kappa shape index (κ2) is 4.53. The zero-order valence-corrected chi connectivity index (χ0v) is 10.0. The second-order valence-corrected chi connectivity index (χ2v) is 3.97. The lowest BCUT2D eigenvalue weighted by atomic mass is 10.1. The summed E-state index contributed by atoms with van der Waals surface area (Å²) < 4.78 is 1.98. The van der Waals surface area contributed by atoms with Gasteiger partial charge in [0.25, 0.3) is 0 Å². The van der Waals surface area contributed by atoms with Crippen molar-refractivity contribution in [1.82, 2.24) is 20.1 Å². The Bertz CT molecular complexity index is 454. The number of nitrogens with zero attached hydrogens (tertiary/aromatic N) is 2. The van der Waals surface area contributed by atoms with Crippen LogP contribution in [0.3, 0.4) is 0 Å². The summed E-state index contributed by atoms with van der Waals surface area (Å²) in [5.74, 6) is 0. The minimum Gasteiger partial charge on any atom is -0.361 e. The summed E-state index contributed by atoms with van der Waals surface area (Å²) in [5.41, 5.74) is 4.74. The molecule has 86 valence electrons. The molecule has 0 fully saturated rings. The van der Waals surface area contributed by atoms with Crippen molar-refractivity contribution < 1.29 is 0 Å². The van der Waals surface area contributed by atoms with Crippen LogP contribution in [0.4, 0.5) is 0 Å². The van der Waals surface area contributed by atoms with Crippen molar-refractivity contribution >= 4 is 0 Å². The Kier molecular flexibility index (Phi) is 3.10. The van der Waals surface area contributed by atoms with Gasteiger partial charge in [-0.15, -0.1) is 0 Å². The van der Waals surface area contributed by atoms with E-state index in [-0.39, 0.29) is 0 Å². The normalized spacial score (nSPS) is 10.9. The van der Waals surface area contributed by atoms with Crippen LogP contribution in [-0.2, 0) is 13.5 Å². The molecule has 0 bridgehead atoms. The lowest BCUT2D eigenvalue weighted by Crippen LogP contribution is -2.13. The van der Waals surface area contributed by atoms with Gasteiger partial charge in [-0.05, 0) is 26.1 Å². The Morgan fingerprint density at radius 3 is 2.94 bits per heavy atom. The number of rotatable bonds is 4. The van der Waals surface area contributed by atoms with Gasteiger partial charge >= 0.3 is 0 Å². The summed E-state index contributed by atoms with van der Waals surface area (Å²) in [7, 11) is 3.97. The van der Waals surface area contributed by atoms with Gasteiger partial charge in [-0.3, -0.25) is 4.68 Å². The maximum Gasteiger partial charge on any atom is 0.0689 e. The number of aromatic nitrogens is 3. The molecule has 0 aromatic carbocycles. The number of likely N-dealkylation sites (N-methyl/N-ethyl adjacent to an activating group) is 1. The molecule has 2 aromatic rings. The van der Waals surface area contributed by atoms with Crippen LogP contribution < -0.4 is 5.32 Å². The summed E-state index contributed by atoms with van der Waals surface area (Å²) >= 11 is 0. The van der Waals surface area contributed by atoms with Gasteiger partial charge in [0.15, 0.2) is 0 Å². The predicted octanol–water partition coefficient (Wildman–Crippen LogP) is 1.49. The number of aromatic amines is 1. The minimum atomic E-state index is 0.965. The standard InChI is InChI=1S/C12H18N4/c1-9-12(10-5-4-7-14-10)11(6-8-13-2)16(3)15-9/h4-5,7,13-14H,6,8H2,1-3H3. The van der Waals surface area contributed by atoms with E-state index in [0.717, 1.165) is 24.4 Å². The monoisotopic (exact) mass is 218 g/mol. The average molecular weight is 218 g/mol. The van der Waals surface area contributed by atoms with E-state index in [2.05, 4.69) is 28.4 Å². The summed E-state index contributed by atoms with van der Waals surface area (Å²) in [4.78, 5) is 3.25. The molecule has 16 heavy (non-hydrogen) atoms. The largest absolute Gasteiger partial charge is 0.361 e. The van der Waals surface area contributed by atoms with Crippen molar-refractivity contribution in [3.63, 3.8) is 0 Å². The molecule has 0 aliphatic carbocycles. The zero-order chi connectivity index (χ0) is 11.5. The molecule has 0 spiro atoms. The molecule has 4 nitrogen and oxygen atoms in total. The molecule has 0 aliphatic heterocycles. The fraction of sp³-hybridized carbons (Fsp3) is 0.417. The Hall–Kier alpha value is -1.55. The fourth-order valence-electron chi connectivity index (χ4n) is 2.07. The molecule has 0 saturated carbocycles. The minimum absolute atomic E-state index is 0.965. The molecule has 4 heteroatoms. The molecule has 0 atom stereocenters. The SMILES string of the molecule is CNCCc1c(-c2ccc[nH]2)c(C)nn1C. The molecule has 2 rings (SSSR count). The number of nitrogens with one attached hydrogen (secondary N) is 2. The predicted molar refractivity (Wildman–Crippen MR) is 65.4 cm³/mol. The third kappa shape index (κ3) is 1.88. The van der Waals surface area contributed by atoms with Crippen molar-refractivity contribution in [3.05, 3.63) is 29.7 Å². The first kappa shape index (κ1) is 11.0. The molecule has 0 amide bonds. The maximum absolute atomic E-state index is 4.49. The summed E-state index contributed by atoms with van der Waals surface area (Å²) in [6, 6.07) is 4.11. The number of aryl methyl sites for hydroxylation is 2. The average Bonchev–Trinajstić information content (AvgIpc) is 2.83. The van der Waals surface area contributed by atoms with E-state index in [1.165, 1.54) is 11.3 Å². The van der Waals surface area contributed by atoms with E-state index in [1.807, 2.05) is 31.0 Å². The Balaban J connectivity index is 2.42. The van der Waals surface area contributed by atoms with Crippen molar-refractivity contribution in [3.8, 4) is 11.3 Å². The number of hydrogen-bond donors (Lipinski definition) is 2. The summed E-state index contributed by atoms with van der Waals surface area (Å²) in [6.07, 6.45) is 2.94. The van der Waals surface area contributed by atoms with Gasteiger partial charge in [0.05, 0.1) is 5.69 Å². The van der Waals surface area contributed by atoms with Gasteiger partial charge in [-0.25, -0.2) is 0 Å². The molecular formula is C12H18N4. The highest BCUT2D eigenvalue weighted by molar-refractivity contribution is 5.65. The topological polar surface area (TPSA) is 45.6 Å². The van der Waals surface area contributed by atoms with Crippen LogP contribution in [0.15, 0.2) is 18.3 Å². The van der Waals surface area contributed by atoms with E-state index < -0.39 is 0 Å². The molecule has 0 unspecified atom stereocenters. The Morgan fingerprint density at radius 2 is 2.31 bits per heavy atom. The van der Waals surface area contributed by atoms with Gasteiger partial charge in [-0.1, -0.05) is 0 Å². The summed E-state index contributed by atoms with van der Waals surface area (Å²) in [6.45, 7) is 3.02. The Labute approximate surface area is 95.7 Å². The highest BCUT2D eigenvalue weighted by Gasteiger charge is 2.14. The molecule has 0 aliphatic rings. The Morgan fingerprint density at radius 1 is 1.50 bits per heavy atom. The van der Waals surface area contributed by atoms with E-state index >= 15 is 0 Å². The molecule has 2 heterocycles. The van der Waals surface area contributed by atoms with E-state index in [1.54, 1.807) is 0 Å². The van der Waals surface area contributed by atoms with Gasteiger partial charge < -0.3 is 10.3 Å². The quantitative estimate of drug-likeness (QED) is 0.816. The fourth-order valence-corrected chi connectivity index (χ4v) is 2.07. The first-order chi connectivity index (χ1) is 7.74. The third-order valence-electron chi connectivity index (χ3n) is 2.82. The van der Waals surface area contributed by atoms with Gasteiger partial charge in [0, 0.05) is 43.2 Å². The lowest BCUT2D eigenvalue weighted by molar-refractivity contribution is 0.678. The van der Waals surface area contributed by atoms with Crippen LogP contribution in [0.2, 0.25) is 0 Å². The smallest absolute Gasteiger partial charge is 0.0689 e. The van der Waals surface area contributed by atoms with E-state index in [4.69, 9.17) is 0 Å². The highest BCUT2D eigenvalue weighted by atomic mass is 15.3. The van der Waals surface area contributed by atoms with E-state index in [0.29, 0.717) is 0 Å². The molecule has 2 N–H and O–H groups in total. The molecule has 2 aromatic heterocycles. The van der Waals surface area contributed by atoms with Gasteiger partial charge in [-0.2, -0.15) is 5.10 Å². The number of H-pyrrole nitrogens is 1. The number of hydrogen-bond acceptors (Lipinski definition) is 2. The summed E-state index contributed by atoms with van der Waals surface area (Å²) in [5, 5.41) is 7.66. The molecular weight excluding hydrogens is 200 g/mol. The third-order valence-corrected chi connectivity index (χ3v) is 2.82. The molecule has 0 radical (unpaired) electrons. The molecule has 0 saturated heterocycles. The van der Waals surface area contributed by atoms with Crippen LogP contribution in [0, 0.1) is 6.92 Å². The van der Waals surface area contributed by atoms with Crippen LogP contribution in [0.1, 0.15) is 11.4 Å². The zero-order valence-electron chi connectivity index (χ0n) is 10.0. The maximum atomic E-state index is 4.49. The van der Waals surface area contributed by atoms with Crippen LogP contribution in [-0.4, -0.2) is 28.4 Å². The first-order valence-electron chi connectivity index (χ1n) is 5.55. The van der Waals surface area contributed by atoms with Crippen LogP contribution in [0.5, 0.6) is 0 Å². The van der Waals surface area contributed by atoms with Gasteiger partial charge in [0.1, 0.15) is 0 Å². The highest BCUT2D eigenvalue weighted by Crippen LogP contribution is 2.25. The second-order valence-electron chi connectivity index (χ2n) is 3.97. The van der Waals surface area contributed by atoms with Crippen molar-refractivity contribution in [2.75, 3.05) is 13.6 Å². The van der Waals surface area contributed by atoms with E-state index in [9.17, 15) is 0 Å². The van der Waals surface area contributed by atoms with Crippen LogP contribution >= 0.6 is 0 Å².